The molecule has 116 valence electrons. The molecule has 0 aliphatic heterocycles. The normalized spacial score (nSPS) is 9.57. The van der Waals surface area contributed by atoms with Gasteiger partial charge < -0.3 is 10.1 Å². The van der Waals surface area contributed by atoms with Gasteiger partial charge in [-0.2, -0.15) is 5.26 Å². The van der Waals surface area contributed by atoms with Crippen molar-refractivity contribution < 1.29 is 9.53 Å². The number of benzene rings is 2. The quantitative estimate of drug-likeness (QED) is 0.846. The molecule has 0 bridgehead atoms. The molecule has 0 aliphatic carbocycles. The minimum atomic E-state index is -0.362. The third-order valence-electron chi connectivity index (χ3n) is 2.89. The number of rotatable bonds is 4. The van der Waals surface area contributed by atoms with E-state index in [9.17, 15) is 4.79 Å². The minimum Gasteiger partial charge on any atom is -0.484 e. The predicted octanol–water partition coefficient (Wildman–Crippen LogP) is 2.76. The Bertz CT molecular complexity index is 751. The first-order chi connectivity index (χ1) is 11.1. The van der Waals surface area contributed by atoms with E-state index in [4.69, 9.17) is 22.2 Å². The Balaban J connectivity index is 1.81. The number of nitriles is 1. The van der Waals surface area contributed by atoms with E-state index in [1.165, 1.54) is 0 Å². The highest BCUT2D eigenvalue weighted by Crippen LogP contribution is 2.11. The summed E-state index contributed by atoms with van der Waals surface area (Å²) in [5, 5.41) is 14.4. The Morgan fingerprint density at radius 1 is 1.26 bits per heavy atom. The number of nitrogens with zero attached hydrogens (tertiary/aromatic N) is 1. The Hall–Kier alpha value is -2.91. The summed E-state index contributed by atoms with van der Waals surface area (Å²) in [7, 11) is 0. The molecule has 0 saturated carbocycles. The summed E-state index contributed by atoms with van der Waals surface area (Å²) >= 11 is 5.06. The van der Waals surface area contributed by atoms with Crippen molar-refractivity contribution in [2.75, 3.05) is 11.9 Å². The maximum atomic E-state index is 11.8. The van der Waals surface area contributed by atoms with Crippen LogP contribution in [0, 0.1) is 18.3 Å². The van der Waals surface area contributed by atoms with E-state index in [-0.39, 0.29) is 17.6 Å². The van der Waals surface area contributed by atoms with E-state index in [2.05, 4.69) is 10.6 Å². The van der Waals surface area contributed by atoms with Crippen LogP contribution in [-0.2, 0) is 4.79 Å². The number of carbonyl (C=O) groups excluding carboxylic acids is 1. The number of aryl methyl sites for hydroxylation is 1. The first-order valence-electron chi connectivity index (χ1n) is 6.87. The summed E-state index contributed by atoms with van der Waals surface area (Å²) in [6.45, 7) is 1.84. The summed E-state index contributed by atoms with van der Waals surface area (Å²) in [6.07, 6.45) is 0. The van der Waals surface area contributed by atoms with Gasteiger partial charge in [0.15, 0.2) is 11.7 Å². The van der Waals surface area contributed by atoms with Gasteiger partial charge in [0.05, 0.1) is 11.6 Å². The predicted molar refractivity (Wildman–Crippen MR) is 92.2 cm³/mol. The molecule has 0 fully saturated rings. The lowest BCUT2D eigenvalue weighted by molar-refractivity contribution is -0.121. The molecule has 0 spiro atoms. The molecule has 0 heterocycles. The topological polar surface area (TPSA) is 74.2 Å². The molecule has 23 heavy (non-hydrogen) atoms. The largest absolute Gasteiger partial charge is 0.484 e. The standard InChI is InChI=1S/C17H15N3O2S/c1-12-5-7-15(8-6-12)22-11-16(21)20-17(23)19-14-4-2-3-13(9-14)10-18/h2-9H,11H2,1H3,(H2,19,20,21,23). The molecule has 2 aromatic rings. The average Bonchev–Trinajstić information content (AvgIpc) is 2.54. The highest BCUT2D eigenvalue weighted by atomic mass is 32.1. The van der Waals surface area contributed by atoms with Crippen molar-refractivity contribution in [3.63, 3.8) is 0 Å². The van der Waals surface area contributed by atoms with Crippen molar-refractivity contribution in [3.8, 4) is 11.8 Å². The fourth-order valence-electron chi connectivity index (χ4n) is 1.77. The lowest BCUT2D eigenvalue weighted by atomic mass is 10.2. The molecule has 1 amide bonds. The number of nitrogens with one attached hydrogen (secondary N) is 2. The highest BCUT2D eigenvalue weighted by molar-refractivity contribution is 7.80. The third kappa shape index (κ3) is 5.41. The van der Waals surface area contributed by atoms with Crippen molar-refractivity contribution in [2.24, 2.45) is 0 Å². The lowest BCUT2D eigenvalue weighted by Gasteiger charge is -2.10. The Morgan fingerprint density at radius 3 is 2.70 bits per heavy atom. The van der Waals surface area contributed by atoms with Gasteiger partial charge in [-0.1, -0.05) is 23.8 Å². The summed E-state index contributed by atoms with van der Waals surface area (Å²) < 4.78 is 5.37. The number of anilines is 1. The van der Waals surface area contributed by atoms with Gasteiger partial charge in [0.1, 0.15) is 5.75 Å². The molecule has 2 N–H and O–H groups in total. The molecule has 2 aromatic carbocycles. The van der Waals surface area contributed by atoms with Crippen LogP contribution in [-0.4, -0.2) is 17.6 Å². The zero-order valence-corrected chi connectivity index (χ0v) is 13.3. The molecular weight excluding hydrogens is 310 g/mol. The van der Waals surface area contributed by atoms with E-state index in [0.717, 1.165) is 5.56 Å². The van der Waals surface area contributed by atoms with E-state index in [0.29, 0.717) is 17.0 Å². The van der Waals surface area contributed by atoms with Gasteiger partial charge in [-0.15, -0.1) is 0 Å². The zero-order valence-electron chi connectivity index (χ0n) is 12.5. The maximum Gasteiger partial charge on any atom is 0.264 e. The second-order valence-electron chi connectivity index (χ2n) is 4.80. The maximum absolute atomic E-state index is 11.8. The molecule has 0 atom stereocenters. The zero-order chi connectivity index (χ0) is 16.7. The summed E-state index contributed by atoms with van der Waals surface area (Å²) in [5.74, 6) is 0.255. The van der Waals surface area contributed by atoms with Gasteiger partial charge >= 0.3 is 0 Å². The van der Waals surface area contributed by atoms with Crippen molar-refractivity contribution in [2.45, 2.75) is 6.92 Å². The summed E-state index contributed by atoms with van der Waals surface area (Å²) in [5.41, 5.74) is 2.26. The van der Waals surface area contributed by atoms with E-state index in [1.54, 1.807) is 36.4 Å². The number of hydrogen-bond acceptors (Lipinski definition) is 4. The van der Waals surface area contributed by atoms with Crippen molar-refractivity contribution >= 4 is 28.9 Å². The van der Waals surface area contributed by atoms with Crippen LogP contribution in [0.2, 0.25) is 0 Å². The Morgan fingerprint density at radius 2 is 2.00 bits per heavy atom. The molecule has 0 saturated heterocycles. The van der Waals surface area contributed by atoms with E-state index < -0.39 is 0 Å². The van der Waals surface area contributed by atoms with Gasteiger partial charge in [0.2, 0.25) is 0 Å². The van der Waals surface area contributed by atoms with Gasteiger partial charge in [-0.3, -0.25) is 10.1 Å². The molecule has 5 nitrogen and oxygen atoms in total. The number of amides is 1. The number of hydrogen-bond donors (Lipinski definition) is 2. The molecule has 0 aromatic heterocycles. The summed E-state index contributed by atoms with van der Waals surface area (Å²) in [6, 6.07) is 16.2. The van der Waals surface area contributed by atoms with E-state index in [1.807, 2.05) is 25.1 Å². The monoisotopic (exact) mass is 325 g/mol. The Kier molecular flexibility index (Phi) is 5.67. The SMILES string of the molecule is Cc1ccc(OCC(=O)NC(=S)Nc2cccc(C#N)c2)cc1. The smallest absolute Gasteiger partial charge is 0.264 e. The van der Waals surface area contributed by atoms with Crippen molar-refractivity contribution in [1.29, 1.82) is 5.26 Å². The van der Waals surface area contributed by atoms with Crippen LogP contribution in [0.5, 0.6) is 5.75 Å². The molecule has 2 rings (SSSR count). The fourth-order valence-corrected chi connectivity index (χ4v) is 2.01. The van der Waals surface area contributed by atoms with Gasteiger partial charge in [-0.25, -0.2) is 0 Å². The molecule has 6 heteroatoms. The Labute approximate surface area is 139 Å². The second kappa shape index (κ2) is 7.92. The van der Waals surface area contributed by atoms with Crippen LogP contribution >= 0.6 is 12.2 Å². The van der Waals surface area contributed by atoms with Crippen molar-refractivity contribution in [1.82, 2.24) is 5.32 Å². The van der Waals surface area contributed by atoms with Crippen LogP contribution in [0.4, 0.5) is 5.69 Å². The van der Waals surface area contributed by atoms with Crippen LogP contribution in [0.25, 0.3) is 0 Å². The van der Waals surface area contributed by atoms with Gasteiger partial charge in [0, 0.05) is 5.69 Å². The van der Waals surface area contributed by atoms with Gasteiger partial charge in [0.25, 0.3) is 5.91 Å². The fraction of sp³-hybridized carbons (Fsp3) is 0.118. The molecule has 0 unspecified atom stereocenters. The van der Waals surface area contributed by atoms with Crippen LogP contribution in [0.3, 0.4) is 0 Å². The van der Waals surface area contributed by atoms with Crippen LogP contribution in [0.15, 0.2) is 48.5 Å². The summed E-state index contributed by atoms with van der Waals surface area (Å²) in [4.78, 5) is 11.8. The highest BCUT2D eigenvalue weighted by Gasteiger charge is 2.06. The second-order valence-corrected chi connectivity index (χ2v) is 5.20. The lowest BCUT2D eigenvalue weighted by Crippen LogP contribution is -2.37. The molecular formula is C17H15N3O2S. The minimum absolute atomic E-state index is 0.136. The first kappa shape index (κ1) is 16.5. The van der Waals surface area contributed by atoms with Crippen LogP contribution in [0.1, 0.15) is 11.1 Å². The molecule has 0 radical (unpaired) electrons. The van der Waals surface area contributed by atoms with E-state index >= 15 is 0 Å². The first-order valence-corrected chi connectivity index (χ1v) is 7.28. The van der Waals surface area contributed by atoms with Crippen molar-refractivity contribution in [3.05, 3.63) is 59.7 Å². The number of carbonyl (C=O) groups is 1. The average molecular weight is 325 g/mol. The number of thiocarbonyl (C=S) groups is 1. The number of ether oxygens (including phenoxy) is 1. The third-order valence-corrected chi connectivity index (χ3v) is 3.10. The van der Waals surface area contributed by atoms with Crippen LogP contribution < -0.4 is 15.4 Å². The van der Waals surface area contributed by atoms with Gasteiger partial charge in [-0.05, 0) is 49.5 Å². The molecule has 0 aliphatic rings.